The van der Waals surface area contributed by atoms with Gasteiger partial charge in [-0.05, 0) is 64.2 Å². The van der Waals surface area contributed by atoms with Crippen LogP contribution in [0.2, 0.25) is 11.6 Å². The van der Waals surface area contributed by atoms with Gasteiger partial charge in [0, 0.05) is 21.7 Å². The van der Waals surface area contributed by atoms with Gasteiger partial charge in [-0.3, -0.25) is 10.0 Å². The molecule has 0 saturated heterocycles. The summed E-state index contributed by atoms with van der Waals surface area (Å²) in [6.45, 7) is 0. The van der Waals surface area contributed by atoms with Gasteiger partial charge in [0.2, 0.25) is 0 Å². The zero-order valence-corrected chi connectivity index (χ0v) is 13.7. The summed E-state index contributed by atoms with van der Waals surface area (Å²) in [5.41, 5.74) is 0. The van der Waals surface area contributed by atoms with E-state index >= 15 is 0 Å². The van der Waals surface area contributed by atoms with Crippen molar-refractivity contribution in [1.82, 2.24) is 0 Å². The fraction of sp³-hybridized carbons (Fsp3) is 0.154. The molecular formula is C13H19AlClTi-. The number of hydrogen-bond acceptors (Lipinski definition) is 0. The second-order valence-electron chi connectivity index (χ2n) is 2.94. The van der Waals surface area contributed by atoms with E-state index in [1.807, 2.05) is 64.2 Å². The Morgan fingerprint density at radius 2 is 0.688 bits per heavy atom. The van der Waals surface area contributed by atoms with Crippen LogP contribution in [0, 0.1) is 71.6 Å². The van der Waals surface area contributed by atoms with E-state index in [1.165, 1.54) is 0 Å². The standard InChI is InChI=1S/2C5H5.3CH3.Al.ClH.Ti/c2*1-2-4-5-3-1;;;;;;/h2*1-5H;3*1H3;;1H;/q;;;;-1;+1;;/p-1. The van der Waals surface area contributed by atoms with Crippen LogP contribution in [0.25, 0.3) is 0 Å². The van der Waals surface area contributed by atoms with Gasteiger partial charge in [-0.1, -0.05) is 11.6 Å². The first-order valence-electron chi connectivity index (χ1n) is 4.71. The van der Waals surface area contributed by atoms with Gasteiger partial charge >= 0.3 is 13.2 Å². The van der Waals surface area contributed by atoms with Gasteiger partial charge in [0.15, 0.2) is 0 Å². The van der Waals surface area contributed by atoms with Gasteiger partial charge in [-0.15, -0.1) is 0 Å². The molecule has 0 atom stereocenters. The van der Waals surface area contributed by atoms with Crippen LogP contribution in [0.1, 0.15) is 0 Å². The van der Waals surface area contributed by atoms with Crippen molar-refractivity contribution in [2.75, 3.05) is 0 Å². The van der Waals surface area contributed by atoms with Gasteiger partial charge in [-0.2, -0.15) is 0 Å². The quantitative estimate of drug-likeness (QED) is 0.467. The predicted molar refractivity (Wildman–Crippen MR) is 72.7 cm³/mol. The summed E-state index contributed by atoms with van der Waals surface area (Å²) in [4.78, 5) is 0. The molecule has 0 aromatic rings. The fourth-order valence-corrected chi connectivity index (χ4v) is 0.642. The van der Waals surface area contributed by atoms with Crippen molar-refractivity contribution in [1.29, 1.82) is 0 Å². The van der Waals surface area contributed by atoms with E-state index in [4.69, 9.17) is 10.0 Å². The first-order chi connectivity index (χ1) is 6.73. The van der Waals surface area contributed by atoms with Crippen molar-refractivity contribution in [3.8, 4) is 0 Å². The van der Waals surface area contributed by atoms with Crippen LogP contribution in [0.3, 0.4) is 0 Å². The molecule has 2 rings (SSSR count). The van der Waals surface area contributed by atoms with Gasteiger partial charge < -0.3 is 7.43 Å². The number of halogens is 1. The van der Waals surface area contributed by atoms with E-state index in [-0.39, 0.29) is 29.1 Å². The van der Waals surface area contributed by atoms with Crippen molar-refractivity contribution < 1.29 is 21.7 Å². The molecular weight excluding hydrogens is 266 g/mol. The summed E-state index contributed by atoms with van der Waals surface area (Å²) >= 11 is -0.667. The molecule has 0 amide bonds. The normalized spacial score (nSPS) is 16.7. The van der Waals surface area contributed by atoms with Crippen molar-refractivity contribution in [3.05, 3.63) is 71.6 Å². The van der Waals surface area contributed by atoms with E-state index < -0.39 is 13.2 Å². The van der Waals surface area contributed by atoms with Crippen LogP contribution in [0.5, 0.6) is 0 Å². The molecule has 0 unspecified atom stereocenters. The summed E-state index contributed by atoms with van der Waals surface area (Å²) in [6, 6.07) is 0. The van der Waals surface area contributed by atoms with E-state index in [0.29, 0.717) is 0 Å². The molecule has 2 fully saturated rings. The molecule has 0 aromatic carbocycles. The smallest absolute Gasteiger partial charge is 0.358 e. The Bertz CT molecular complexity index is 74.1. The van der Waals surface area contributed by atoms with Crippen LogP contribution < -0.4 is 0 Å². The topological polar surface area (TPSA) is 0 Å². The van der Waals surface area contributed by atoms with Crippen LogP contribution in [0.15, 0.2) is 0 Å². The summed E-state index contributed by atoms with van der Waals surface area (Å²) in [5.74, 6) is 4.14. The second kappa shape index (κ2) is 18.9. The van der Waals surface area contributed by atoms with Crippen molar-refractivity contribution in [2.24, 2.45) is 0 Å². The third-order valence-corrected chi connectivity index (χ3v) is 1.11. The largest absolute Gasteiger partial charge is 0.393 e. The number of rotatable bonds is 0. The predicted octanol–water partition coefficient (Wildman–Crippen LogP) is 3.97. The Morgan fingerprint density at radius 1 is 0.625 bits per heavy atom. The van der Waals surface area contributed by atoms with Crippen LogP contribution >= 0.6 is 10.0 Å². The van der Waals surface area contributed by atoms with Crippen molar-refractivity contribution in [3.63, 3.8) is 0 Å². The van der Waals surface area contributed by atoms with Crippen molar-refractivity contribution >= 4 is 23.3 Å². The molecule has 0 aliphatic heterocycles. The summed E-state index contributed by atoms with van der Waals surface area (Å²) in [5, 5.41) is 0. The molecule has 2 aliphatic carbocycles. The maximum Gasteiger partial charge on any atom is 0.393 e. The number of hydrogen-bond donors (Lipinski definition) is 0. The van der Waals surface area contributed by atoms with E-state index in [1.54, 1.807) is 0 Å². The Labute approximate surface area is 127 Å². The van der Waals surface area contributed by atoms with Gasteiger partial charge in [0.05, 0.1) is 0 Å². The minimum atomic E-state index is -0.667. The molecule has 3 heteroatoms. The van der Waals surface area contributed by atoms with Crippen LogP contribution in [0.4, 0.5) is 0 Å². The minimum absolute atomic E-state index is 0. The molecule has 0 bridgehead atoms. The molecule has 16 heavy (non-hydrogen) atoms. The maximum absolute atomic E-state index is 5.41. The van der Waals surface area contributed by atoms with E-state index in [0.717, 1.165) is 0 Å². The Hall–Kier alpha value is 1.54. The molecule has 2 aliphatic rings. The first kappa shape index (κ1) is 22.7. The molecule has 0 aromatic heterocycles. The van der Waals surface area contributed by atoms with Gasteiger partial charge in [0.25, 0.3) is 0 Å². The zero-order valence-electron chi connectivity index (χ0n) is 10.2. The first-order valence-corrected chi connectivity index (χ1v) is 8.76. The monoisotopic (exact) mass is 285 g/mol. The van der Waals surface area contributed by atoms with Crippen LogP contribution in [-0.2, 0) is 21.7 Å². The summed E-state index contributed by atoms with van der Waals surface area (Å²) < 4.78 is 0. The average molecular weight is 286 g/mol. The third-order valence-electron chi connectivity index (χ3n) is 1.11. The third kappa shape index (κ3) is 24.7. The summed E-state index contributed by atoms with van der Waals surface area (Å²) in [6.07, 6.45) is 20.0. The van der Waals surface area contributed by atoms with Crippen LogP contribution in [-0.4, -0.2) is 13.2 Å². The summed E-state index contributed by atoms with van der Waals surface area (Å²) in [7, 11) is 5.41. The molecule has 0 nitrogen and oxygen atoms in total. The van der Waals surface area contributed by atoms with Crippen molar-refractivity contribution in [2.45, 2.75) is 11.6 Å². The Balaban J connectivity index is -0.000000151. The molecule has 10 radical (unpaired) electrons. The SMILES string of the molecule is [CH3-].[CH3][Al]([CH3])[Cl].[CH]1[CH][CH][CH][CH]1.[CH]1[CH][CH][CH][CH]1.[Ti]. The van der Waals surface area contributed by atoms with E-state index in [9.17, 15) is 0 Å². The maximum atomic E-state index is 5.41. The zero-order chi connectivity index (χ0) is 10.6. The molecule has 2 saturated carbocycles. The minimum Gasteiger partial charge on any atom is -0.358 e. The molecule has 0 heterocycles. The fourth-order valence-electron chi connectivity index (χ4n) is 0.642. The Kier molecular flexibility index (Phi) is 26.8. The second-order valence-corrected chi connectivity index (χ2v) is 7.58. The Morgan fingerprint density at radius 3 is 0.750 bits per heavy atom. The van der Waals surface area contributed by atoms with E-state index in [2.05, 4.69) is 11.6 Å². The molecule has 0 spiro atoms. The van der Waals surface area contributed by atoms with Gasteiger partial charge in [0.1, 0.15) is 0 Å². The van der Waals surface area contributed by atoms with Gasteiger partial charge in [-0.25, -0.2) is 0 Å². The average Bonchev–Trinajstić information content (AvgIpc) is 2.83. The molecule has 0 N–H and O–H groups in total. The molecule has 86 valence electrons.